The van der Waals surface area contributed by atoms with Crippen LogP contribution in [0.15, 0.2) is 0 Å². The van der Waals surface area contributed by atoms with Crippen LogP contribution in [-0.2, 0) is 4.74 Å². The Morgan fingerprint density at radius 2 is 2.17 bits per heavy atom. The molecule has 1 unspecified atom stereocenters. The first-order valence-electron chi connectivity index (χ1n) is 5.15. The molecule has 0 aromatic rings. The molecular formula is C10H19NO. The highest BCUT2D eigenvalue weighted by molar-refractivity contribution is 4.94. The molecule has 2 nitrogen and oxygen atoms in total. The highest BCUT2D eigenvalue weighted by atomic mass is 16.5. The average molecular weight is 169 g/mol. The summed E-state index contributed by atoms with van der Waals surface area (Å²) in [5.41, 5.74) is 6.33. The Hall–Kier alpha value is -0.0800. The van der Waals surface area contributed by atoms with E-state index < -0.39 is 0 Å². The molecule has 1 saturated heterocycles. The summed E-state index contributed by atoms with van der Waals surface area (Å²) in [5.74, 6) is 0.769. The van der Waals surface area contributed by atoms with E-state index in [1.807, 2.05) is 0 Å². The van der Waals surface area contributed by atoms with Crippen molar-refractivity contribution in [1.82, 2.24) is 0 Å². The topological polar surface area (TPSA) is 35.2 Å². The molecule has 1 atom stereocenters. The lowest BCUT2D eigenvalue weighted by Gasteiger charge is -2.48. The Labute approximate surface area is 74.5 Å². The van der Waals surface area contributed by atoms with Crippen LogP contribution in [0.25, 0.3) is 0 Å². The number of ether oxygens (including phenoxy) is 1. The largest absolute Gasteiger partial charge is 0.381 e. The molecule has 1 aliphatic heterocycles. The van der Waals surface area contributed by atoms with E-state index in [9.17, 15) is 0 Å². The van der Waals surface area contributed by atoms with Gasteiger partial charge < -0.3 is 10.5 Å². The minimum Gasteiger partial charge on any atom is -0.381 e. The van der Waals surface area contributed by atoms with Gasteiger partial charge >= 0.3 is 0 Å². The zero-order valence-corrected chi connectivity index (χ0v) is 7.72. The number of hydrogen-bond donors (Lipinski definition) is 1. The highest BCUT2D eigenvalue weighted by Gasteiger charge is 2.43. The fourth-order valence-electron chi connectivity index (χ4n) is 2.63. The van der Waals surface area contributed by atoms with Gasteiger partial charge in [0.25, 0.3) is 0 Å². The third kappa shape index (κ3) is 1.27. The maximum atomic E-state index is 5.84. The van der Waals surface area contributed by atoms with Crippen LogP contribution in [0.1, 0.15) is 32.1 Å². The van der Waals surface area contributed by atoms with Crippen LogP contribution < -0.4 is 5.73 Å². The molecule has 0 radical (unpaired) electrons. The molecule has 2 N–H and O–H groups in total. The normalized spacial score (nSPS) is 34.2. The first kappa shape index (κ1) is 8.52. The van der Waals surface area contributed by atoms with E-state index in [2.05, 4.69) is 0 Å². The van der Waals surface area contributed by atoms with Gasteiger partial charge in [-0.2, -0.15) is 0 Å². The number of nitrogens with two attached hydrogens (primary N) is 1. The highest BCUT2D eigenvalue weighted by Crippen LogP contribution is 2.48. The summed E-state index contributed by atoms with van der Waals surface area (Å²) < 4.78 is 5.51. The Morgan fingerprint density at radius 1 is 1.33 bits per heavy atom. The van der Waals surface area contributed by atoms with E-state index in [0.29, 0.717) is 5.41 Å². The lowest BCUT2D eigenvalue weighted by molar-refractivity contribution is -0.0429. The molecule has 2 fully saturated rings. The van der Waals surface area contributed by atoms with E-state index in [1.54, 1.807) is 0 Å². The SMILES string of the molecule is NCC1(C2CCCOC2)CCC1. The fraction of sp³-hybridized carbons (Fsp3) is 1.00. The van der Waals surface area contributed by atoms with Gasteiger partial charge in [0.15, 0.2) is 0 Å². The van der Waals surface area contributed by atoms with Gasteiger partial charge in [0.05, 0.1) is 0 Å². The summed E-state index contributed by atoms with van der Waals surface area (Å²) in [7, 11) is 0. The Balaban J connectivity index is 1.95. The maximum Gasteiger partial charge on any atom is 0.0500 e. The van der Waals surface area contributed by atoms with Crippen LogP contribution >= 0.6 is 0 Å². The average Bonchev–Trinajstić information content (AvgIpc) is 2.05. The van der Waals surface area contributed by atoms with Crippen molar-refractivity contribution >= 4 is 0 Å². The Kier molecular flexibility index (Phi) is 2.37. The summed E-state index contributed by atoms with van der Waals surface area (Å²) in [6, 6.07) is 0. The van der Waals surface area contributed by atoms with Crippen LogP contribution in [0, 0.1) is 11.3 Å². The standard InChI is InChI=1S/C10H19NO/c11-8-10(4-2-5-10)9-3-1-6-12-7-9/h9H,1-8,11H2. The summed E-state index contributed by atoms with van der Waals surface area (Å²) >= 11 is 0. The molecule has 2 heteroatoms. The molecule has 2 rings (SSSR count). The first-order valence-corrected chi connectivity index (χ1v) is 5.15. The second kappa shape index (κ2) is 3.35. The van der Waals surface area contributed by atoms with E-state index in [1.165, 1.54) is 32.1 Å². The zero-order valence-electron chi connectivity index (χ0n) is 7.72. The van der Waals surface area contributed by atoms with Crippen LogP contribution in [0.4, 0.5) is 0 Å². The van der Waals surface area contributed by atoms with Crippen LogP contribution in [0.3, 0.4) is 0 Å². The summed E-state index contributed by atoms with van der Waals surface area (Å²) in [4.78, 5) is 0. The van der Waals surface area contributed by atoms with E-state index >= 15 is 0 Å². The molecule has 0 spiro atoms. The predicted octanol–water partition coefficient (Wildman–Crippen LogP) is 1.54. The van der Waals surface area contributed by atoms with Crippen molar-refractivity contribution in [1.29, 1.82) is 0 Å². The van der Waals surface area contributed by atoms with E-state index in [0.717, 1.165) is 25.7 Å². The lowest BCUT2D eigenvalue weighted by atomic mass is 9.60. The van der Waals surface area contributed by atoms with Gasteiger partial charge in [-0.05, 0) is 43.6 Å². The quantitative estimate of drug-likeness (QED) is 0.680. The lowest BCUT2D eigenvalue weighted by Crippen LogP contribution is -2.46. The van der Waals surface area contributed by atoms with Gasteiger partial charge in [0.1, 0.15) is 0 Å². The minimum atomic E-state index is 0.487. The molecule has 2 aliphatic rings. The predicted molar refractivity (Wildman–Crippen MR) is 48.9 cm³/mol. The van der Waals surface area contributed by atoms with Gasteiger partial charge in [-0.15, -0.1) is 0 Å². The van der Waals surface area contributed by atoms with Crippen LogP contribution in [0.2, 0.25) is 0 Å². The summed E-state index contributed by atoms with van der Waals surface area (Å²) in [6.45, 7) is 2.81. The smallest absolute Gasteiger partial charge is 0.0500 e. The fourth-order valence-corrected chi connectivity index (χ4v) is 2.63. The molecule has 0 bridgehead atoms. The second-order valence-corrected chi connectivity index (χ2v) is 4.33. The molecule has 0 aromatic carbocycles. The Bertz CT molecular complexity index is 142. The third-order valence-corrected chi connectivity index (χ3v) is 3.78. The second-order valence-electron chi connectivity index (χ2n) is 4.33. The van der Waals surface area contributed by atoms with Crippen molar-refractivity contribution in [2.75, 3.05) is 19.8 Å². The molecule has 0 amide bonds. The van der Waals surface area contributed by atoms with Crippen molar-refractivity contribution in [2.45, 2.75) is 32.1 Å². The van der Waals surface area contributed by atoms with Crippen LogP contribution in [0.5, 0.6) is 0 Å². The van der Waals surface area contributed by atoms with Gasteiger partial charge in [0, 0.05) is 13.2 Å². The molecule has 70 valence electrons. The van der Waals surface area contributed by atoms with Crippen molar-refractivity contribution in [2.24, 2.45) is 17.1 Å². The van der Waals surface area contributed by atoms with Gasteiger partial charge in [-0.3, -0.25) is 0 Å². The molecule has 1 saturated carbocycles. The summed E-state index contributed by atoms with van der Waals surface area (Å²) in [6.07, 6.45) is 6.66. The monoisotopic (exact) mass is 169 g/mol. The van der Waals surface area contributed by atoms with Gasteiger partial charge in [-0.1, -0.05) is 6.42 Å². The third-order valence-electron chi connectivity index (χ3n) is 3.78. The van der Waals surface area contributed by atoms with Crippen molar-refractivity contribution in [3.8, 4) is 0 Å². The maximum absolute atomic E-state index is 5.84. The molecular weight excluding hydrogens is 150 g/mol. The van der Waals surface area contributed by atoms with Crippen molar-refractivity contribution < 1.29 is 4.74 Å². The molecule has 1 heterocycles. The minimum absolute atomic E-state index is 0.487. The van der Waals surface area contributed by atoms with Crippen LogP contribution in [-0.4, -0.2) is 19.8 Å². The Morgan fingerprint density at radius 3 is 2.58 bits per heavy atom. The first-order chi connectivity index (χ1) is 5.87. The summed E-state index contributed by atoms with van der Waals surface area (Å²) in [5, 5.41) is 0. The van der Waals surface area contributed by atoms with Gasteiger partial charge in [-0.25, -0.2) is 0 Å². The van der Waals surface area contributed by atoms with E-state index in [4.69, 9.17) is 10.5 Å². The van der Waals surface area contributed by atoms with Gasteiger partial charge in [0.2, 0.25) is 0 Å². The molecule has 1 aliphatic carbocycles. The number of rotatable bonds is 2. The van der Waals surface area contributed by atoms with E-state index in [-0.39, 0.29) is 0 Å². The molecule has 12 heavy (non-hydrogen) atoms. The van der Waals surface area contributed by atoms with Crippen molar-refractivity contribution in [3.05, 3.63) is 0 Å². The molecule has 0 aromatic heterocycles. The zero-order chi connectivity index (χ0) is 8.44. The van der Waals surface area contributed by atoms with Crippen molar-refractivity contribution in [3.63, 3.8) is 0 Å². The number of hydrogen-bond acceptors (Lipinski definition) is 2.